The van der Waals surface area contributed by atoms with Gasteiger partial charge in [0.15, 0.2) is 17.7 Å². The Morgan fingerprint density at radius 3 is 2.88 bits per heavy atom. The molecule has 0 aliphatic carbocycles. The molecule has 1 saturated heterocycles. The molecule has 0 bridgehead atoms. The number of fused-ring (bicyclic) bond motifs is 2. The number of rotatable bonds is 3. The van der Waals surface area contributed by atoms with Crippen molar-refractivity contribution in [3.63, 3.8) is 0 Å². The van der Waals surface area contributed by atoms with Gasteiger partial charge < -0.3 is 14.8 Å². The van der Waals surface area contributed by atoms with Crippen LogP contribution in [0.2, 0.25) is 0 Å². The maximum atomic E-state index is 14.1. The number of hydrogen-bond donors (Lipinski definition) is 2. The quantitative estimate of drug-likeness (QED) is 0.824. The summed E-state index contributed by atoms with van der Waals surface area (Å²) in [5.74, 6) is 1.20. The molecule has 3 unspecified atom stereocenters. The molecule has 4 rings (SSSR count). The highest BCUT2D eigenvalue weighted by Gasteiger charge is 2.40. The lowest BCUT2D eigenvalue weighted by atomic mass is 9.91. The third-order valence-electron chi connectivity index (χ3n) is 4.58. The third kappa shape index (κ3) is 2.96. The first-order valence-corrected chi connectivity index (χ1v) is 8.80. The molecule has 3 atom stereocenters. The fourth-order valence-corrected chi connectivity index (χ4v) is 3.72. The molecule has 2 heterocycles. The van der Waals surface area contributed by atoms with Crippen LogP contribution in [0.25, 0.3) is 0 Å². The van der Waals surface area contributed by atoms with Crippen LogP contribution >= 0.6 is 12.2 Å². The highest BCUT2D eigenvalue weighted by Crippen LogP contribution is 2.40. The standard InChI is InChI=1S/C19H19FN2O2S/c1-2-23-15-9-5-6-11-10-13-18(24-16(11)15)21-17(22-19(13)25)12-7-3-4-8-14(12)20/h3-9,13,17-18,21H,2,10H2,1H3,(H,22,25). The minimum Gasteiger partial charge on any atom is -0.490 e. The highest BCUT2D eigenvalue weighted by atomic mass is 32.1. The number of ether oxygens (including phenoxy) is 2. The molecular weight excluding hydrogens is 339 g/mol. The maximum Gasteiger partial charge on any atom is 0.166 e. The number of thiocarbonyl (C=S) groups is 1. The monoisotopic (exact) mass is 358 g/mol. The maximum absolute atomic E-state index is 14.1. The molecule has 0 aromatic heterocycles. The first-order valence-electron chi connectivity index (χ1n) is 8.39. The molecule has 0 radical (unpaired) electrons. The topological polar surface area (TPSA) is 42.5 Å². The second-order valence-corrected chi connectivity index (χ2v) is 6.60. The average molecular weight is 358 g/mol. The van der Waals surface area contributed by atoms with Crippen LogP contribution in [-0.2, 0) is 6.42 Å². The average Bonchev–Trinajstić information content (AvgIpc) is 2.61. The van der Waals surface area contributed by atoms with Gasteiger partial charge in [-0.25, -0.2) is 4.39 Å². The summed E-state index contributed by atoms with van der Waals surface area (Å²) in [5, 5.41) is 6.55. The van der Waals surface area contributed by atoms with E-state index >= 15 is 0 Å². The predicted molar refractivity (Wildman–Crippen MR) is 97.2 cm³/mol. The zero-order valence-electron chi connectivity index (χ0n) is 13.8. The molecule has 0 amide bonds. The molecule has 2 aliphatic heterocycles. The van der Waals surface area contributed by atoms with Crippen LogP contribution < -0.4 is 20.1 Å². The van der Waals surface area contributed by atoms with Gasteiger partial charge in [-0.3, -0.25) is 5.32 Å². The van der Waals surface area contributed by atoms with Crippen molar-refractivity contribution >= 4 is 17.2 Å². The van der Waals surface area contributed by atoms with Crippen molar-refractivity contribution in [2.75, 3.05) is 6.61 Å². The Labute approximate surface area is 151 Å². The molecule has 2 aliphatic rings. The van der Waals surface area contributed by atoms with Gasteiger partial charge >= 0.3 is 0 Å². The summed E-state index contributed by atoms with van der Waals surface area (Å²) >= 11 is 5.55. The molecule has 0 saturated carbocycles. The van der Waals surface area contributed by atoms with Crippen LogP contribution in [0.15, 0.2) is 42.5 Å². The van der Waals surface area contributed by atoms with Crippen molar-refractivity contribution in [2.45, 2.75) is 25.7 Å². The number of benzene rings is 2. The van der Waals surface area contributed by atoms with E-state index < -0.39 is 6.17 Å². The lowest BCUT2D eigenvalue weighted by molar-refractivity contribution is 0.0756. The smallest absolute Gasteiger partial charge is 0.166 e. The zero-order valence-corrected chi connectivity index (χ0v) is 14.6. The summed E-state index contributed by atoms with van der Waals surface area (Å²) in [6.45, 7) is 2.51. The second-order valence-electron chi connectivity index (χ2n) is 6.16. The fourth-order valence-electron chi connectivity index (χ4n) is 3.39. The van der Waals surface area contributed by atoms with Crippen molar-refractivity contribution in [3.8, 4) is 11.5 Å². The van der Waals surface area contributed by atoms with Crippen LogP contribution in [0.5, 0.6) is 11.5 Å². The van der Waals surface area contributed by atoms with Crippen molar-refractivity contribution in [2.24, 2.45) is 5.92 Å². The van der Waals surface area contributed by atoms with Crippen molar-refractivity contribution in [3.05, 3.63) is 59.4 Å². The Bertz CT molecular complexity index is 814. The van der Waals surface area contributed by atoms with Gasteiger partial charge in [0.05, 0.1) is 17.5 Å². The number of hydrogen-bond acceptors (Lipinski definition) is 4. The highest BCUT2D eigenvalue weighted by molar-refractivity contribution is 7.80. The summed E-state index contributed by atoms with van der Waals surface area (Å²) in [5.41, 5.74) is 1.60. The molecule has 6 heteroatoms. The lowest BCUT2D eigenvalue weighted by Crippen LogP contribution is -2.60. The molecule has 25 heavy (non-hydrogen) atoms. The van der Waals surface area contributed by atoms with Gasteiger partial charge in [0, 0.05) is 5.56 Å². The lowest BCUT2D eigenvalue weighted by Gasteiger charge is -2.42. The summed E-state index contributed by atoms with van der Waals surface area (Å²) in [4.78, 5) is 0.685. The van der Waals surface area contributed by atoms with Gasteiger partial charge in [0.25, 0.3) is 0 Å². The normalized spacial score (nSPS) is 24.6. The van der Waals surface area contributed by atoms with Gasteiger partial charge in [-0.2, -0.15) is 0 Å². The van der Waals surface area contributed by atoms with E-state index in [1.165, 1.54) is 6.07 Å². The summed E-state index contributed by atoms with van der Waals surface area (Å²) in [6.07, 6.45) is 0.00669. The predicted octanol–water partition coefficient (Wildman–Crippen LogP) is 3.32. The number of nitrogens with one attached hydrogen (secondary N) is 2. The van der Waals surface area contributed by atoms with Gasteiger partial charge in [-0.1, -0.05) is 42.5 Å². The third-order valence-corrected chi connectivity index (χ3v) is 5.00. The molecule has 4 nitrogen and oxygen atoms in total. The van der Waals surface area contributed by atoms with Crippen LogP contribution in [-0.4, -0.2) is 17.8 Å². The van der Waals surface area contributed by atoms with Crippen LogP contribution in [0.1, 0.15) is 24.2 Å². The minimum atomic E-state index is -0.421. The minimum absolute atomic E-state index is 0.00222. The van der Waals surface area contributed by atoms with E-state index in [2.05, 4.69) is 10.6 Å². The van der Waals surface area contributed by atoms with Gasteiger partial charge in [-0.05, 0) is 31.0 Å². The van der Waals surface area contributed by atoms with E-state index in [9.17, 15) is 4.39 Å². The Morgan fingerprint density at radius 1 is 1.24 bits per heavy atom. The van der Waals surface area contributed by atoms with E-state index in [1.54, 1.807) is 18.2 Å². The van der Waals surface area contributed by atoms with E-state index in [1.807, 2.05) is 25.1 Å². The Morgan fingerprint density at radius 2 is 2.08 bits per heavy atom. The van der Waals surface area contributed by atoms with Crippen molar-refractivity contribution in [1.29, 1.82) is 0 Å². The van der Waals surface area contributed by atoms with Gasteiger partial charge in [-0.15, -0.1) is 0 Å². The largest absolute Gasteiger partial charge is 0.490 e. The SMILES string of the molecule is CCOc1cccc2c1OC1NC(c3ccccc3F)NC(=S)C1C2. The van der Waals surface area contributed by atoms with Crippen LogP contribution in [0.4, 0.5) is 4.39 Å². The molecular formula is C19H19FN2O2S. The summed E-state index contributed by atoms with van der Waals surface area (Å²) in [6, 6.07) is 12.5. The van der Waals surface area contributed by atoms with Crippen molar-refractivity contribution in [1.82, 2.24) is 10.6 Å². The molecule has 0 spiro atoms. The summed E-state index contributed by atoms with van der Waals surface area (Å²) < 4.78 is 26.0. The van der Waals surface area contributed by atoms with E-state index in [0.29, 0.717) is 17.2 Å². The first-order chi connectivity index (χ1) is 12.2. The summed E-state index contributed by atoms with van der Waals surface area (Å²) in [7, 11) is 0. The number of para-hydroxylation sites is 1. The first kappa shape index (κ1) is 16.3. The van der Waals surface area contributed by atoms with Gasteiger partial charge in [0.1, 0.15) is 12.0 Å². The molecule has 130 valence electrons. The van der Waals surface area contributed by atoms with Crippen LogP contribution in [0.3, 0.4) is 0 Å². The molecule has 2 N–H and O–H groups in total. The fraction of sp³-hybridized carbons (Fsp3) is 0.316. The molecule has 2 aromatic carbocycles. The molecule has 1 fully saturated rings. The molecule has 2 aromatic rings. The van der Waals surface area contributed by atoms with E-state index in [4.69, 9.17) is 21.7 Å². The second kappa shape index (κ2) is 6.61. The Kier molecular flexibility index (Phi) is 4.31. The van der Waals surface area contributed by atoms with Gasteiger partial charge in [0.2, 0.25) is 0 Å². The Hall–Kier alpha value is -2.18. The zero-order chi connectivity index (χ0) is 17.4. The van der Waals surface area contributed by atoms with E-state index in [0.717, 1.165) is 23.5 Å². The van der Waals surface area contributed by atoms with E-state index in [-0.39, 0.29) is 18.0 Å². The number of halogens is 1. The van der Waals surface area contributed by atoms with Crippen LogP contribution in [0, 0.1) is 11.7 Å². The van der Waals surface area contributed by atoms with Crippen molar-refractivity contribution < 1.29 is 13.9 Å². The Balaban J connectivity index is 1.64.